The van der Waals surface area contributed by atoms with Gasteiger partial charge >= 0.3 is 0 Å². The molecule has 0 aliphatic heterocycles. The lowest BCUT2D eigenvalue weighted by molar-refractivity contribution is 0.565. The van der Waals surface area contributed by atoms with E-state index in [1.54, 1.807) is 11.3 Å². The second-order valence-corrected chi connectivity index (χ2v) is 6.72. The molecule has 1 heterocycles. The van der Waals surface area contributed by atoms with Crippen molar-refractivity contribution >= 4 is 16.5 Å². The molecule has 0 atom stereocenters. The fourth-order valence-corrected chi connectivity index (χ4v) is 3.18. The van der Waals surface area contributed by atoms with Crippen molar-refractivity contribution in [1.29, 1.82) is 0 Å². The van der Waals surface area contributed by atoms with Crippen LogP contribution < -0.4 is 10.6 Å². The Kier molecular flexibility index (Phi) is 5.60. The molecule has 0 saturated carbocycles. The number of hydrogen-bond acceptors (Lipinski definition) is 4. The van der Waals surface area contributed by atoms with Gasteiger partial charge < -0.3 is 10.6 Å². The molecule has 1 aromatic rings. The third-order valence-corrected chi connectivity index (χ3v) is 4.15. The highest BCUT2D eigenvalue weighted by Gasteiger charge is 2.23. The van der Waals surface area contributed by atoms with Crippen LogP contribution in [0.4, 0.5) is 5.13 Å². The van der Waals surface area contributed by atoms with Crippen molar-refractivity contribution < 1.29 is 0 Å². The minimum Gasteiger partial charge on any atom is -0.348 e. The number of aromatic nitrogens is 1. The number of hydrogen-bond donors (Lipinski definition) is 1. The molecule has 3 nitrogen and oxygen atoms in total. The van der Waals surface area contributed by atoms with Crippen LogP contribution in [0.15, 0.2) is 0 Å². The lowest BCUT2D eigenvalue weighted by Gasteiger charge is -2.20. The molecule has 0 spiro atoms. The summed E-state index contributed by atoms with van der Waals surface area (Å²) in [7, 11) is 0. The maximum Gasteiger partial charge on any atom is 0.185 e. The summed E-state index contributed by atoms with van der Waals surface area (Å²) in [6.07, 6.45) is 2.44. The van der Waals surface area contributed by atoms with Crippen LogP contribution >= 0.6 is 11.3 Å². The Balaban J connectivity index is 2.99. The first kappa shape index (κ1) is 15.4. The highest BCUT2D eigenvalue weighted by Crippen LogP contribution is 2.33. The summed E-state index contributed by atoms with van der Waals surface area (Å²) in [6.45, 7) is 13.7. The van der Waals surface area contributed by atoms with Crippen LogP contribution in [0.25, 0.3) is 0 Å². The Labute approximate surface area is 115 Å². The van der Waals surface area contributed by atoms with Gasteiger partial charge in [-0.05, 0) is 13.3 Å². The summed E-state index contributed by atoms with van der Waals surface area (Å²) in [5, 5.41) is 1.14. The number of anilines is 1. The predicted molar refractivity (Wildman–Crippen MR) is 81.5 cm³/mol. The summed E-state index contributed by atoms with van der Waals surface area (Å²) < 4.78 is 0. The van der Waals surface area contributed by atoms with Crippen molar-refractivity contribution in [3.05, 3.63) is 10.6 Å². The van der Waals surface area contributed by atoms with Crippen molar-refractivity contribution in [2.75, 3.05) is 18.0 Å². The molecule has 0 amide bonds. The minimum absolute atomic E-state index is 0.0770. The van der Waals surface area contributed by atoms with Gasteiger partial charge in [0, 0.05) is 29.9 Å². The van der Waals surface area contributed by atoms with Gasteiger partial charge in [-0.2, -0.15) is 0 Å². The van der Waals surface area contributed by atoms with E-state index in [-0.39, 0.29) is 5.41 Å². The Hall–Kier alpha value is -0.610. The summed E-state index contributed by atoms with van der Waals surface area (Å²) in [5.74, 6) is 0. The van der Waals surface area contributed by atoms with Gasteiger partial charge in [-0.1, -0.05) is 34.1 Å². The van der Waals surface area contributed by atoms with Crippen LogP contribution in [0.1, 0.15) is 58.0 Å². The fraction of sp³-hybridized carbons (Fsp3) is 0.786. The van der Waals surface area contributed by atoms with Crippen LogP contribution in [0.2, 0.25) is 0 Å². The topological polar surface area (TPSA) is 42.2 Å². The SMILES string of the molecule is CCCCN(CC)c1nc(C(C)(C)C)c(CN)s1. The third-order valence-electron chi connectivity index (χ3n) is 3.02. The van der Waals surface area contributed by atoms with E-state index >= 15 is 0 Å². The third kappa shape index (κ3) is 3.69. The molecule has 1 rings (SSSR count). The summed E-state index contributed by atoms with van der Waals surface area (Å²) in [6, 6.07) is 0. The Morgan fingerprint density at radius 3 is 2.33 bits per heavy atom. The molecule has 2 N–H and O–H groups in total. The largest absolute Gasteiger partial charge is 0.348 e. The maximum absolute atomic E-state index is 5.85. The zero-order valence-electron chi connectivity index (χ0n) is 12.4. The van der Waals surface area contributed by atoms with Crippen LogP contribution in [-0.2, 0) is 12.0 Å². The first-order valence-corrected chi connectivity index (χ1v) is 7.70. The predicted octanol–water partition coefficient (Wildman–Crippen LogP) is 3.53. The normalized spacial score (nSPS) is 11.9. The molecule has 0 saturated heterocycles. The molecular weight excluding hydrogens is 242 g/mol. The fourth-order valence-electron chi connectivity index (χ4n) is 1.94. The Morgan fingerprint density at radius 1 is 1.28 bits per heavy atom. The van der Waals surface area contributed by atoms with Gasteiger partial charge in [0.15, 0.2) is 5.13 Å². The lowest BCUT2D eigenvalue weighted by Crippen LogP contribution is -2.24. The zero-order chi connectivity index (χ0) is 13.8. The van der Waals surface area contributed by atoms with E-state index in [0.717, 1.165) is 18.2 Å². The van der Waals surface area contributed by atoms with Crippen molar-refractivity contribution in [2.45, 2.75) is 59.4 Å². The molecule has 0 radical (unpaired) electrons. The van der Waals surface area contributed by atoms with Gasteiger partial charge in [0.25, 0.3) is 0 Å². The van der Waals surface area contributed by atoms with Crippen LogP contribution in [0.5, 0.6) is 0 Å². The van der Waals surface area contributed by atoms with Crippen molar-refractivity contribution in [3.63, 3.8) is 0 Å². The van der Waals surface area contributed by atoms with E-state index in [4.69, 9.17) is 10.7 Å². The molecule has 4 heteroatoms. The molecule has 0 aromatic carbocycles. The molecule has 0 unspecified atom stereocenters. The highest BCUT2D eigenvalue weighted by molar-refractivity contribution is 7.15. The molecular formula is C14H27N3S. The van der Waals surface area contributed by atoms with Crippen molar-refractivity contribution in [2.24, 2.45) is 5.73 Å². The first-order valence-electron chi connectivity index (χ1n) is 6.89. The van der Waals surface area contributed by atoms with Gasteiger partial charge in [0.1, 0.15) is 0 Å². The average molecular weight is 269 g/mol. The highest BCUT2D eigenvalue weighted by atomic mass is 32.1. The van der Waals surface area contributed by atoms with E-state index in [1.165, 1.54) is 23.4 Å². The number of thiazole rings is 1. The number of rotatable bonds is 6. The lowest BCUT2D eigenvalue weighted by atomic mass is 9.91. The van der Waals surface area contributed by atoms with E-state index in [0.29, 0.717) is 6.54 Å². The molecule has 0 bridgehead atoms. The minimum atomic E-state index is 0.0770. The van der Waals surface area contributed by atoms with E-state index in [2.05, 4.69) is 39.5 Å². The van der Waals surface area contributed by atoms with Gasteiger partial charge in [-0.3, -0.25) is 0 Å². The van der Waals surface area contributed by atoms with Gasteiger partial charge in [-0.15, -0.1) is 11.3 Å². The zero-order valence-corrected chi connectivity index (χ0v) is 13.2. The van der Waals surface area contributed by atoms with E-state index in [1.807, 2.05) is 0 Å². The van der Waals surface area contributed by atoms with E-state index in [9.17, 15) is 0 Å². The summed E-state index contributed by atoms with van der Waals surface area (Å²) >= 11 is 1.76. The molecule has 104 valence electrons. The second kappa shape index (κ2) is 6.53. The monoisotopic (exact) mass is 269 g/mol. The summed E-state index contributed by atoms with van der Waals surface area (Å²) in [5.41, 5.74) is 7.10. The first-order chi connectivity index (χ1) is 8.43. The molecule has 0 aliphatic carbocycles. The molecule has 0 fully saturated rings. The average Bonchev–Trinajstić information content (AvgIpc) is 2.74. The quantitative estimate of drug-likeness (QED) is 0.859. The Bertz CT molecular complexity index is 366. The van der Waals surface area contributed by atoms with E-state index < -0.39 is 0 Å². The summed E-state index contributed by atoms with van der Waals surface area (Å²) in [4.78, 5) is 8.43. The Morgan fingerprint density at radius 2 is 1.94 bits per heavy atom. The number of nitrogens with zero attached hydrogens (tertiary/aromatic N) is 2. The smallest absolute Gasteiger partial charge is 0.185 e. The number of unbranched alkanes of at least 4 members (excludes halogenated alkanes) is 1. The van der Waals surface area contributed by atoms with Gasteiger partial charge in [-0.25, -0.2) is 4.98 Å². The van der Waals surface area contributed by atoms with Gasteiger partial charge in [0.05, 0.1) is 5.69 Å². The standard InChI is InChI=1S/C14H27N3S/c1-6-8-9-17(7-2)13-16-12(14(3,4)5)11(10-15)18-13/h6-10,15H2,1-5H3. The second-order valence-electron chi connectivity index (χ2n) is 5.66. The number of nitrogens with two attached hydrogens (primary N) is 1. The van der Waals surface area contributed by atoms with Crippen LogP contribution in [0, 0.1) is 0 Å². The van der Waals surface area contributed by atoms with Crippen LogP contribution in [0.3, 0.4) is 0 Å². The van der Waals surface area contributed by atoms with Gasteiger partial charge in [0.2, 0.25) is 0 Å². The molecule has 0 aliphatic rings. The molecule has 1 aromatic heterocycles. The van der Waals surface area contributed by atoms with Crippen molar-refractivity contribution in [1.82, 2.24) is 4.98 Å². The maximum atomic E-state index is 5.85. The van der Waals surface area contributed by atoms with Crippen molar-refractivity contribution in [3.8, 4) is 0 Å². The van der Waals surface area contributed by atoms with Crippen LogP contribution in [-0.4, -0.2) is 18.1 Å². The molecule has 18 heavy (non-hydrogen) atoms.